The summed E-state index contributed by atoms with van der Waals surface area (Å²) in [5, 5.41) is 8.77. The van der Waals surface area contributed by atoms with Crippen LogP contribution in [0.3, 0.4) is 0 Å². The average Bonchev–Trinajstić information content (AvgIpc) is 2.44. The molecule has 2 atom stereocenters. The summed E-state index contributed by atoms with van der Waals surface area (Å²) in [5.74, 6) is -0.170. The van der Waals surface area contributed by atoms with Crippen LogP contribution >= 0.6 is 0 Å². The van der Waals surface area contributed by atoms with Gasteiger partial charge in [0.05, 0.1) is 0 Å². The second-order valence-corrected chi connectivity index (χ2v) is 7.17. The third-order valence-electron chi connectivity index (χ3n) is 4.68. The molecular weight excluding hydrogens is 262 g/mol. The molecule has 116 valence electrons. The van der Waals surface area contributed by atoms with E-state index < -0.39 is 5.97 Å². The van der Waals surface area contributed by atoms with Crippen LogP contribution in [0, 0.1) is 5.41 Å². The zero-order valence-electron chi connectivity index (χ0n) is 13.1. The fourth-order valence-corrected chi connectivity index (χ4v) is 3.47. The Bertz CT molecular complexity index is 496. The summed E-state index contributed by atoms with van der Waals surface area (Å²) < 4.78 is 0. The van der Waals surface area contributed by atoms with E-state index in [-0.39, 0.29) is 12.5 Å². The van der Waals surface area contributed by atoms with Crippen molar-refractivity contribution in [2.24, 2.45) is 11.1 Å². The Morgan fingerprint density at radius 2 is 2.24 bits per heavy atom. The van der Waals surface area contributed by atoms with Crippen LogP contribution in [-0.2, 0) is 4.79 Å². The molecule has 1 aromatic carbocycles. The van der Waals surface area contributed by atoms with Crippen LogP contribution in [0.4, 0.5) is 0 Å². The first-order valence-corrected chi connectivity index (χ1v) is 7.95. The van der Waals surface area contributed by atoms with E-state index in [2.05, 4.69) is 32.0 Å². The number of aliphatic carboxylic acids is 1. The molecular formula is C18H27NO2. The minimum absolute atomic E-state index is 0.127. The van der Waals surface area contributed by atoms with Gasteiger partial charge >= 0.3 is 5.97 Å². The highest BCUT2D eigenvalue weighted by molar-refractivity contribution is 5.66. The molecule has 2 unspecified atom stereocenters. The molecule has 1 aromatic rings. The Hall–Kier alpha value is -1.35. The molecule has 1 saturated carbocycles. The number of carboxylic acid groups (broad SMARTS) is 1. The van der Waals surface area contributed by atoms with Gasteiger partial charge in [-0.1, -0.05) is 44.5 Å². The van der Waals surface area contributed by atoms with Crippen molar-refractivity contribution in [1.82, 2.24) is 0 Å². The fraction of sp³-hybridized carbons (Fsp3) is 0.611. The van der Waals surface area contributed by atoms with E-state index in [1.807, 2.05) is 6.07 Å². The minimum Gasteiger partial charge on any atom is -0.481 e. The van der Waals surface area contributed by atoms with Crippen molar-refractivity contribution in [3.8, 4) is 0 Å². The number of hydrogen-bond acceptors (Lipinski definition) is 2. The summed E-state index contributed by atoms with van der Waals surface area (Å²) in [7, 11) is 0. The third-order valence-corrected chi connectivity index (χ3v) is 4.68. The molecule has 0 bridgehead atoms. The van der Waals surface area contributed by atoms with E-state index in [9.17, 15) is 4.79 Å². The number of hydrogen-bond donors (Lipinski definition) is 2. The molecule has 0 amide bonds. The van der Waals surface area contributed by atoms with Crippen LogP contribution < -0.4 is 5.73 Å². The molecule has 0 spiro atoms. The van der Waals surface area contributed by atoms with E-state index >= 15 is 0 Å². The van der Waals surface area contributed by atoms with Crippen molar-refractivity contribution in [3.63, 3.8) is 0 Å². The molecule has 1 aliphatic carbocycles. The first-order chi connectivity index (χ1) is 9.87. The molecule has 3 N–H and O–H groups in total. The average molecular weight is 289 g/mol. The van der Waals surface area contributed by atoms with Gasteiger partial charge in [0, 0.05) is 12.5 Å². The predicted octanol–water partition coefficient (Wildman–Crippen LogP) is 4.24. The highest BCUT2D eigenvalue weighted by Gasteiger charge is 2.28. The lowest BCUT2D eigenvalue weighted by Crippen LogP contribution is -2.21. The maximum atomic E-state index is 10.7. The van der Waals surface area contributed by atoms with Crippen molar-refractivity contribution in [2.45, 2.75) is 64.3 Å². The molecule has 1 fully saturated rings. The summed E-state index contributed by atoms with van der Waals surface area (Å²) in [6, 6.07) is 8.28. The topological polar surface area (TPSA) is 63.3 Å². The molecule has 0 aromatic heterocycles. The molecule has 3 heteroatoms. The van der Waals surface area contributed by atoms with E-state index in [0.717, 1.165) is 5.56 Å². The van der Waals surface area contributed by atoms with Gasteiger partial charge in [0.2, 0.25) is 0 Å². The number of carbonyl (C=O) groups is 1. The summed E-state index contributed by atoms with van der Waals surface area (Å²) in [5.41, 5.74) is 8.99. The van der Waals surface area contributed by atoms with Gasteiger partial charge in [0.15, 0.2) is 0 Å². The number of rotatable bonds is 5. The second kappa shape index (κ2) is 6.61. The molecule has 21 heavy (non-hydrogen) atoms. The first kappa shape index (κ1) is 16.0. The zero-order valence-corrected chi connectivity index (χ0v) is 13.1. The van der Waals surface area contributed by atoms with Crippen LogP contribution in [0.25, 0.3) is 0 Å². The van der Waals surface area contributed by atoms with Gasteiger partial charge in [-0.25, -0.2) is 0 Å². The van der Waals surface area contributed by atoms with E-state index in [4.69, 9.17) is 10.8 Å². The third kappa shape index (κ3) is 4.57. The second-order valence-electron chi connectivity index (χ2n) is 7.17. The molecule has 1 aliphatic rings. The van der Waals surface area contributed by atoms with Crippen molar-refractivity contribution >= 4 is 5.97 Å². The molecule has 2 rings (SSSR count). The van der Waals surface area contributed by atoms with Gasteiger partial charge in [0.25, 0.3) is 0 Å². The van der Waals surface area contributed by atoms with Crippen molar-refractivity contribution in [2.75, 3.05) is 0 Å². The summed E-state index contributed by atoms with van der Waals surface area (Å²) in [6.07, 6.45) is 5.68. The lowest BCUT2D eigenvalue weighted by molar-refractivity contribution is -0.137. The number of benzene rings is 1. The maximum Gasteiger partial charge on any atom is 0.303 e. The fourth-order valence-electron chi connectivity index (χ4n) is 3.47. The Morgan fingerprint density at radius 1 is 1.48 bits per heavy atom. The van der Waals surface area contributed by atoms with Gasteiger partial charge in [-0.3, -0.25) is 4.79 Å². The summed E-state index contributed by atoms with van der Waals surface area (Å²) in [6.45, 7) is 4.70. The molecule has 0 heterocycles. The predicted molar refractivity (Wildman–Crippen MR) is 85.2 cm³/mol. The lowest BCUT2D eigenvalue weighted by Gasteiger charge is -2.35. The smallest absolute Gasteiger partial charge is 0.303 e. The Morgan fingerprint density at radius 3 is 2.90 bits per heavy atom. The van der Waals surface area contributed by atoms with E-state index in [1.165, 1.54) is 31.2 Å². The number of nitrogens with two attached hydrogens (primary N) is 1. The Labute approximate surface area is 127 Å². The Balaban J connectivity index is 2.08. The van der Waals surface area contributed by atoms with Gasteiger partial charge in [-0.15, -0.1) is 0 Å². The van der Waals surface area contributed by atoms with Gasteiger partial charge < -0.3 is 10.8 Å². The molecule has 0 radical (unpaired) electrons. The standard InChI is InChI=1S/C18H27NO2/c1-18(2)10-4-7-15(12-18)13-5-3-6-14(11-13)16(19)8-9-17(20)21/h3,5-6,11,15-16H,4,7-10,12,19H2,1-2H3,(H,20,21). The normalized spacial score (nSPS) is 22.7. The van der Waals surface area contributed by atoms with Crippen LogP contribution in [-0.4, -0.2) is 11.1 Å². The van der Waals surface area contributed by atoms with E-state index in [0.29, 0.717) is 17.8 Å². The summed E-state index contributed by atoms with van der Waals surface area (Å²) >= 11 is 0. The first-order valence-electron chi connectivity index (χ1n) is 7.95. The highest BCUT2D eigenvalue weighted by Crippen LogP contribution is 2.43. The van der Waals surface area contributed by atoms with Crippen LogP contribution in [0.2, 0.25) is 0 Å². The number of carboxylic acids is 1. The van der Waals surface area contributed by atoms with Gasteiger partial charge in [0.1, 0.15) is 0 Å². The zero-order chi connectivity index (χ0) is 15.5. The Kier molecular flexibility index (Phi) is 5.04. The van der Waals surface area contributed by atoms with Crippen molar-refractivity contribution in [3.05, 3.63) is 35.4 Å². The minimum atomic E-state index is -0.782. The monoisotopic (exact) mass is 289 g/mol. The highest BCUT2D eigenvalue weighted by atomic mass is 16.4. The molecule has 3 nitrogen and oxygen atoms in total. The SMILES string of the molecule is CC1(C)CCCC(c2cccc(C(N)CCC(=O)O)c2)C1. The summed E-state index contributed by atoms with van der Waals surface area (Å²) in [4.78, 5) is 10.7. The maximum absolute atomic E-state index is 10.7. The molecule has 0 saturated heterocycles. The van der Waals surface area contributed by atoms with Crippen molar-refractivity contribution < 1.29 is 9.90 Å². The van der Waals surface area contributed by atoms with E-state index in [1.54, 1.807) is 0 Å². The van der Waals surface area contributed by atoms with Crippen LogP contribution in [0.1, 0.15) is 75.5 Å². The quantitative estimate of drug-likeness (QED) is 0.852. The van der Waals surface area contributed by atoms with Crippen LogP contribution in [0.15, 0.2) is 24.3 Å². The molecule has 0 aliphatic heterocycles. The van der Waals surface area contributed by atoms with Crippen LogP contribution in [0.5, 0.6) is 0 Å². The van der Waals surface area contributed by atoms with Gasteiger partial charge in [-0.2, -0.15) is 0 Å². The largest absolute Gasteiger partial charge is 0.481 e. The van der Waals surface area contributed by atoms with Crippen molar-refractivity contribution in [1.29, 1.82) is 0 Å². The van der Waals surface area contributed by atoms with Gasteiger partial charge in [-0.05, 0) is 48.1 Å². The lowest BCUT2D eigenvalue weighted by atomic mass is 9.70.